The summed E-state index contributed by atoms with van der Waals surface area (Å²) >= 11 is 13.0. The number of halogens is 2. The normalized spacial score (nSPS) is 21.8. The molecule has 0 saturated carbocycles. The molecule has 0 aromatic heterocycles. The van der Waals surface area contributed by atoms with Gasteiger partial charge >= 0.3 is 0 Å². The molecule has 11 heteroatoms. The molecule has 0 spiro atoms. The summed E-state index contributed by atoms with van der Waals surface area (Å²) in [5.74, 6) is 0.725. The van der Waals surface area contributed by atoms with Crippen LogP contribution in [-0.4, -0.2) is 69.2 Å². The summed E-state index contributed by atoms with van der Waals surface area (Å²) < 4.78 is 11.9. The minimum absolute atomic E-state index is 0.0299. The first-order chi connectivity index (χ1) is 19.8. The third-order valence-corrected chi connectivity index (χ3v) is 8.14. The quantitative estimate of drug-likeness (QED) is 0.236. The topological polar surface area (TPSA) is 111 Å². The van der Waals surface area contributed by atoms with Crippen LogP contribution in [0.25, 0.3) is 0 Å². The van der Waals surface area contributed by atoms with E-state index in [1.54, 1.807) is 0 Å². The smallest absolute Gasteiger partial charge is 0.224 e. The molecule has 0 radical (unpaired) electrons. The fourth-order valence-corrected chi connectivity index (χ4v) is 5.70. The fraction of sp³-hybridized carbons (Fsp3) is 0.533. The zero-order chi connectivity index (χ0) is 29.4. The van der Waals surface area contributed by atoms with E-state index in [0.29, 0.717) is 48.4 Å². The number of nitriles is 1. The molecule has 1 fully saturated rings. The molecule has 2 aliphatic heterocycles. The van der Waals surface area contributed by atoms with E-state index in [1.807, 2.05) is 51.4 Å². The van der Waals surface area contributed by atoms with Crippen molar-refractivity contribution in [2.45, 2.75) is 50.1 Å². The van der Waals surface area contributed by atoms with Gasteiger partial charge in [0, 0.05) is 36.0 Å². The lowest BCUT2D eigenvalue weighted by molar-refractivity contribution is -0.116. The number of fused-ring (bicyclic) bond motifs is 1. The highest BCUT2D eigenvalue weighted by Gasteiger charge is 2.31. The molecule has 4 unspecified atom stereocenters. The Morgan fingerprint density at radius 1 is 1.22 bits per heavy atom. The highest BCUT2D eigenvalue weighted by molar-refractivity contribution is 6.32. The third kappa shape index (κ3) is 8.32. The van der Waals surface area contributed by atoms with Crippen LogP contribution in [0, 0.1) is 17.2 Å². The summed E-state index contributed by atoms with van der Waals surface area (Å²) in [4.78, 5) is 14.8. The predicted octanol–water partition coefficient (Wildman–Crippen LogP) is 5.48. The standard InChI is InChI=1S/C30H40Cl2N6O3/c1-4-40-28-15-24-21(14-25(28)37-29(39)8-6-12-38(2)3)30(19(16-33)17-35-24)36-20-9-10-27(23(32)13-20)41-18-26-22(31)7-5-11-34-26/h9-10,13-15,19,22,26,30,34-36H,4-8,11-12,17-18H2,1-3H3,(H,37,39). The number of anilines is 3. The third-order valence-electron chi connectivity index (χ3n) is 7.32. The maximum atomic E-state index is 12.7. The van der Waals surface area contributed by atoms with Crippen LogP contribution < -0.4 is 30.7 Å². The fourth-order valence-electron chi connectivity index (χ4n) is 5.14. The Morgan fingerprint density at radius 3 is 2.76 bits per heavy atom. The predicted molar refractivity (Wildman–Crippen MR) is 166 cm³/mol. The summed E-state index contributed by atoms with van der Waals surface area (Å²) in [6.45, 7) is 5.02. The van der Waals surface area contributed by atoms with Crippen LogP contribution in [-0.2, 0) is 4.79 Å². The van der Waals surface area contributed by atoms with Crippen LogP contribution in [0.4, 0.5) is 17.1 Å². The van der Waals surface area contributed by atoms with E-state index < -0.39 is 0 Å². The molecule has 2 heterocycles. The number of benzene rings is 2. The van der Waals surface area contributed by atoms with Crippen molar-refractivity contribution in [3.63, 3.8) is 0 Å². The lowest BCUT2D eigenvalue weighted by Crippen LogP contribution is -2.46. The second kappa shape index (κ2) is 14.8. The molecule has 2 aromatic rings. The Kier molecular flexibility index (Phi) is 11.2. The maximum Gasteiger partial charge on any atom is 0.224 e. The van der Waals surface area contributed by atoms with Gasteiger partial charge in [-0.1, -0.05) is 11.6 Å². The Labute approximate surface area is 252 Å². The molecule has 0 bridgehead atoms. The number of carbonyl (C=O) groups excluding carboxylic acids is 1. The van der Waals surface area contributed by atoms with Gasteiger partial charge < -0.3 is 35.6 Å². The number of amides is 1. The molecule has 1 saturated heterocycles. The Bertz CT molecular complexity index is 1240. The van der Waals surface area contributed by atoms with Gasteiger partial charge in [-0.05, 0) is 77.6 Å². The second-order valence-electron chi connectivity index (χ2n) is 10.7. The van der Waals surface area contributed by atoms with E-state index in [1.165, 1.54) is 0 Å². The van der Waals surface area contributed by atoms with Crippen molar-refractivity contribution in [3.05, 3.63) is 40.9 Å². The average molecular weight is 604 g/mol. The molecule has 222 valence electrons. The van der Waals surface area contributed by atoms with Crippen LogP contribution in [0.15, 0.2) is 30.3 Å². The Balaban J connectivity index is 1.52. The molecule has 1 amide bonds. The van der Waals surface area contributed by atoms with E-state index >= 15 is 0 Å². The van der Waals surface area contributed by atoms with Gasteiger partial charge in [-0.15, -0.1) is 11.6 Å². The van der Waals surface area contributed by atoms with E-state index in [4.69, 9.17) is 32.7 Å². The van der Waals surface area contributed by atoms with Crippen LogP contribution >= 0.6 is 23.2 Å². The highest BCUT2D eigenvalue weighted by Crippen LogP contribution is 2.42. The zero-order valence-corrected chi connectivity index (χ0v) is 25.4. The number of hydrogen-bond donors (Lipinski definition) is 4. The van der Waals surface area contributed by atoms with Gasteiger partial charge in [-0.25, -0.2) is 0 Å². The molecule has 4 atom stereocenters. The number of alkyl halides is 1. The number of piperidine rings is 1. The van der Waals surface area contributed by atoms with Crippen molar-refractivity contribution in [2.24, 2.45) is 5.92 Å². The molecule has 2 aromatic carbocycles. The molecule has 41 heavy (non-hydrogen) atoms. The number of ether oxygens (including phenoxy) is 2. The lowest BCUT2D eigenvalue weighted by atomic mass is 9.88. The maximum absolute atomic E-state index is 12.7. The van der Waals surface area contributed by atoms with Crippen LogP contribution in [0.3, 0.4) is 0 Å². The Morgan fingerprint density at radius 2 is 2.05 bits per heavy atom. The van der Waals surface area contributed by atoms with Gasteiger partial charge in [0.05, 0.1) is 46.8 Å². The lowest BCUT2D eigenvalue weighted by Gasteiger charge is -2.33. The summed E-state index contributed by atoms with van der Waals surface area (Å²) in [7, 11) is 3.97. The van der Waals surface area contributed by atoms with Crippen LogP contribution in [0.2, 0.25) is 5.02 Å². The van der Waals surface area contributed by atoms with Gasteiger partial charge in [0.15, 0.2) is 0 Å². The van der Waals surface area contributed by atoms with E-state index in [2.05, 4.69) is 32.2 Å². The Hall–Kier alpha value is -2.90. The van der Waals surface area contributed by atoms with Crippen molar-refractivity contribution in [3.8, 4) is 17.6 Å². The van der Waals surface area contributed by atoms with Gasteiger partial charge in [-0.3, -0.25) is 4.79 Å². The molecule has 2 aliphatic rings. The van der Waals surface area contributed by atoms with Crippen molar-refractivity contribution in [1.29, 1.82) is 5.26 Å². The number of nitrogens with zero attached hydrogens (tertiary/aromatic N) is 2. The summed E-state index contributed by atoms with van der Waals surface area (Å²) in [5, 5.41) is 23.8. The summed E-state index contributed by atoms with van der Waals surface area (Å²) in [6.07, 6.45) is 3.18. The highest BCUT2D eigenvalue weighted by atomic mass is 35.5. The number of hydrogen-bond acceptors (Lipinski definition) is 8. The first-order valence-corrected chi connectivity index (χ1v) is 15.1. The minimum Gasteiger partial charge on any atom is -0.492 e. The summed E-state index contributed by atoms with van der Waals surface area (Å²) in [6, 6.07) is 11.5. The first kappa shape index (κ1) is 31.0. The number of rotatable bonds is 12. The van der Waals surface area contributed by atoms with Crippen molar-refractivity contribution in [1.82, 2.24) is 10.2 Å². The van der Waals surface area contributed by atoms with Gasteiger partial charge in [0.2, 0.25) is 5.91 Å². The van der Waals surface area contributed by atoms with Gasteiger partial charge in [0.25, 0.3) is 0 Å². The molecule has 4 N–H and O–H groups in total. The summed E-state index contributed by atoms with van der Waals surface area (Å²) in [5.41, 5.74) is 3.06. The molecular formula is C30H40Cl2N6O3. The van der Waals surface area contributed by atoms with E-state index in [0.717, 1.165) is 49.3 Å². The first-order valence-electron chi connectivity index (χ1n) is 14.2. The zero-order valence-electron chi connectivity index (χ0n) is 23.9. The van der Waals surface area contributed by atoms with E-state index in [9.17, 15) is 10.1 Å². The average Bonchev–Trinajstić information content (AvgIpc) is 2.94. The van der Waals surface area contributed by atoms with Gasteiger partial charge in [-0.2, -0.15) is 5.26 Å². The SMILES string of the molecule is CCOc1cc2c(cc1NC(=O)CCCN(C)C)C(Nc1ccc(OCC3NCCCC3Cl)c(Cl)c1)C(C#N)CN2. The van der Waals surface area contributed by atoms with Crippen LogP contribution in [0.5, 0.6) is 11.5 Å². The van der Waals surface area contributed by atoms with Gasteiger partial charge in [0.1, 0.15) is 18.1 Å². The number of carbonyl (C=O) groups is 1. The van der Waals surface area contributed by atoms with Crippen molar-refractivity contribution >= 4 is 46.2 Å². The molecular weight excluding hydrogens is 563 g/mol. The largest absolute Gasteiger partial charge is 0.492 e. The van der Waals surface area contributed by atoms with Crippen molar-refractivity contribution < 1.29 is 14.3 Å². The number of nitrogens with one attached hydrogen (secondary N) is 4. The monoisotopic (exact) mass is 602 g/mol. The van der Waals surface area contributed by atoms with E-state index in [-0.39, 0.29) is 29.3 Å². The second-order valence-corrected chi connectivity index (χ2v) is 11.7. The van der Waals surface area contributed by atoms with Crippen molar-refractivity contribution in [2.75, 3.05) is 62.9 Å². The minimum atomic E-state index is -0.364. The molecule has 0 aliphatic carbocycles. The molecule has 4 rings (SSSR count). The van der Waals surface area contributed by atoms with Crippen LogP contribution in [0.1, 0.15) is 44.2 Å². The molecule has 9 nitrogen and oxygen atoms in total.